The Kier molecular flexibility index (Phi) is 6.88. The van der Waals surface area contributed by atoms with Crippen LogP contribution >= 0.6 is 15.9 Å². The van der Waals surface area contributed by atoms with Gasteiger partial charge in [-0.25, -0.2) is 14.6 Å². The van der Waals surface area contributed by atoms with Crippen LogP contribution in [0.2, 0.25) is 0 Å². The molecule has 3 aromatic heterocycles. The molecule has 4 aromatic rings. The fourth-order valence-corrected chi connectivity index (χ4v) is 6.19. The van der Waals surface area contributed by atoms with E-state index in [9.17, 15) is 9.90 Å². The molecule has 0 radical (unpaired) electrons. The Morgan fingerprint density at radius 2 is 2.14 bits per heavy atom. The summed E-state index contributed by atoms with van der Waals surface area (Å²) < 4.78 is 2.56. The summed E-state index contributed by atoms with van der Waals surface area (Å²) in [4.78, 5) is 29.2. The molecule has 1 amide bonds. The highest BCUT2D eigenvalue weighted by atomic mass is 79.9. The zero-order chi connectivity index (χ0) is 25.4. The summed E-state index contributed by atoms with van der Waals surface area (Å²) in [5, 5.41) is 19.2. The van der Waals surface area contributed by atoms with Gasteiger partial charge < -0.3 is 15.3 Å². The summed E-state index contributed by atoms with van der Waals surface area (Å²) in [5.74, 6) is 1.49. The molecule has 4 heterocycles. The van der Waals surface area contributed by atoms with Crippen molar-refractivity contribution < 1.29 is 9.90 Å². The van der Waals surface area contributed by atoms with Gasteiger partial charge in [0.25, 0.3) is 0 Å². The number of aliphatic hydroxyl groups excluding tert-OH is 1. The van der Waals surface area contributed by atoms with Crippen LogP contribution in [0.3, 0.4) is 0 Å². The number of rotatable bonds is 6. The molecule has 1 aliphatic heterocycles. The predicted molar refractivity (Wildman–Crippen MR) is 144 cm³/mol. The van der Waals surface area contributed by atoms with Crippen LogP contribution in [-0.2, 0) is 11.2 Å². The van der Waals surface area contributed by atoms with E-state index < -0.39 is 0 Å². The number of amides is 1. The number of hydrogen-bond donors (Lipinski definition) is 2. The number of fused-ring (bicyclic) bond motifs is 2. The topological polar surface area (TPSA) is 109 Å². The van der Waals surface area contributed by atoms with Gasteiger partial charge in [0.2, 0.25) is 5.91 Å². The van der Waals surface area contributed by atoms with E-state index in [-0.39, 0.29) is 24.5 Å². The number of nitrogens with one attached hydrogen (secondary N) is 1. The minimum Gasteiger partial charge on any atom is -0.396 e. The number of hydrogen-bond acceptors (Lipinski definition) is 7. The fourth-order valence-electron chi connectivity index (χ4n) is 5.75. The van der Waals surface area contributed by atoms with Crippen LogP contribution in [0.15, 0.2) is 47.3 Å². The minimum absolute atomic E-state index is 0.0625. The number of aromatic nitrogens is 5. The van der Waals surface area contributed by atoms with E-state index in [0.717, 1.165) is 72.2 Å². The first-order valence-corrected chi connectivity index (χ1v) is 13.8. The molecule has 2 fully saturated rings. The van der Waals surface area contributed by atoms with Gasteiger partial charge in [0, 0.05) is 62.4 Å². The maximum Gasteiger partial charge on any atom is 0.225 e. The second-order valence-corrected chi connectivity index (χ2v) is 10.9. The molecule has 0 unspecified atom stereocenters. The minimum atomic E-state index is 0.0625. The fraction of sp³-hybridized carbons (Fsp3) is 0.444. The third kappa shape index (κ3) is 4.97. The number of piperazine rings is 1. The van der Waals surface area contributed by atoms with Crippen LogP contribution < -0.4 is 5.32 Å². The molecule has 2 aliphatic rings. The summed E-state index contributed by atoms with van der Waals surface area (Å²) >= 11 is 3.57. The lowest BCUT2D eigenvalue weighted by Crippen LogP contribution is -2.54. The van der Waals surface area contributed by atoms with Gasteiger partial charge in [0.05, 0.1) is 16.6 Å². The average Bonchev–Trinajstić information content (AvgIpc) is 3.52. The van der Waals surface area contributed by atoms with Gasteiger partial charge in [0.1, 0.15) is 10.4 Å². The molecular formula is C27H30BrN7O2. The van der Waals surface area contributed by atoms with E-state index in [2.05, 4.69) is 42.4 Å². The zero-order valence-electron chi connectivity index (χ0n) is 20.6. The molecule has 1 aromatic carbocycles. The normalized spacial score (nSPS) is 22.2. The molecule has 37 heavy (non-hydrogen) atoms. The number of benzene rings is 1. The molecule has 0 bridgehead atoms. The van der Waals surface area contributed by atoms with Crippen LogP contribution in [0.4, 0.5) is 0 Å². The van der Waals surface area contributed by atoms with E-state index in [0.29, 0.717) is 23.5 Å². The summed E-state index contributed by atoms with van der Waals surface area (Å²) in [5.41, 5.74) is 2.62. The molecule has 1 saturated heterocycles. The molecular weight excluding hydrogens is 534 g/mol. The van der Waals surface area contributed by atoms with Gasteiger partial charge in [0.15, 0.2) is 5.65 Å². The van der Waals surface area contributed by atoms with E-state index in [1.54, 1.807) is 6.20 Å². The predicted octanol–water partition coefficient (Wildman–Crippen LogP) is 3.27. The number of carbonyl (C=O) groups is 1. The monoisotopic (exact) mass is 563 g/mol. The number of nitrogens with zero attached hydrogens (tertiary/aromatic N) is 6. The van der Waals surface area contributed by atoms with Crippen molar-refractivity contribution in [2.24, 2.45) is 11.8 Å². The molecule has 2 N–H and O–H groups in total. The van der Waals surface area contributed by atoms with Crippen LogP contribution in [0, 0.1) is 11.8 Å². The highest BCUT2D eigenvalue weighted by Crippen LogP contribution is 2.35. The Labute approximate surface area is 223 Å². The van der Waals surface area contributed by atoms with Gasteiger partial charge in [-0.3, -0.25) is 9.78 Å². The molecule has 6 rings (SSSR count). The maximum atomic E-state index is 13.2. The van der Waals surface area contributed by atoms with E-state index in [4.69, 9.17) is 4.98 Å². The second-order valence-electron chi connectivity index (χ2n) is 10.1. The van der Waals surface area contributed by atoms with Crippen LogP contribution in [0.5, 0.6) is 0 Å². The molecule has 10 heteroatoms. The van der Waals surface area contributed by atoms with Crippen molar-refractivity contribution in [3.05, 3.63) is 53.2 Å². The standard InChI is InChI=1S/C27H30BrN7O2/c28-25-22-15-31-24(32-26(22)35(33-25)21-5-6-23-18(14-21)2-1-8-30-23)13-17-3-4-19(12-17)27(37)34-10-9-29-20(16-34)7-11-36/h1-2,5-6,8,14-15,17,19-20,29,36H,3-4,7,9-13,16H2/t17-,19-,20+/m1/s1. The molecule has 1 saturated carbocycles. The van der Waals surface area contributed by atoms with Gasteiger partial charge >= 0.3 is 0 Å². The van der Waals surface area contributed by atoms with E-state index >= 15 is 0 Å². The van der Waals surface area contributed by atoms with Crippen molar-refractivity contribution >= 4 is 43.8 Å². The number of aliphatic hydroxyl groups is 1. The first-order chi connectivity index (χ1) is 18.1. The van der Waals surface area contributed by atoms with Crippen molar-refractivity contribution in [1.29, 1.82) is 0 Å². The van der Waals surface area contributed by atoms with Crippen LogP contribution in [0.1, 0.15) is 31.5 Å². The van der Waals surface area contributed by atoms with Crippen molar-refractivity contribution in [2.45, 2.75) is 38.1 Å². The zero-order valence-corrected chi connectivity index (χ0v) is 22.1. The van der Waals surface area contributed by atoms with Crippen molar-refractivity contribution in [3.8, 4) is 5.69 Å². The lowest BCUT2D eigenvalue weighted by atomic mass is 9.99. The quantitative estimate of drug-likeness (QED) is 0.370. The summed E-state index contributed by atoms with van der Waals surface area (Å²) in [6.07, 6.45) is 7.85. The smallest absolute Gasteiger partial charge is 0.225 e. The third-order valence-electron chi connectivity index (χ3n) is 7.67. The van der Waals surface area contributed by atoms with Crippen molar-refractivity contribution in [1.82, 2.24) is 34.9 Å². The molecule has 3 atom stereocenters. The number of carbonyl (C=O) groups excluding carboxylic acids is 1. The average molecular weight is 564 g/mol. The third-order valence-corrected chi connectivity index (χ3v) is 8.25. The van der Waals surface area contributed by atoms with Gasteiger partial charge in [-0.05, 0) is 71.8 Å². The molecule has 0 spiro atoms. The van der Waals surface area contributed by atoms with Crippen molar-refractivity contribution in [3.63, 3.8) is 0 Å². The summed E-state index contributed by atoms with van der Waals surface area (Å²) in [6, 6.07) is 10.2. The van der Waals surface area contributed by atoms with Gasteiger partial charge in [-0.1, -0.05) is 6.07 Å². The van der Waals surface area contributed by atoms with Gasteiger partial charge in [-0.2, -0.15) is 5.10 Å². The van der Waals surface area contributed by atoms with Crippen molar-refractivity contribution in [2.75, 3.05) is 26.2 Å². The lowest BCUT2D eigenvalue weighted by Gasteiger charge is -2.35. The lowest BCUT2D eigenvalue weighted by molar-refractivity contribution is -0.136. The summed E-state index contributed by atoms with van der Waals surface area (Å²) in [7, 11) is 0. The highest BCUT2D eigenvalue weighted by Gasteiger charge is 2.34. The Balaban J connectivity index is 1.18. The van der Waals surface area contributed by atoms with Crippen LogP contribution in [-0.4, -0.2) is 72.9 Å². The molecule has 9 nitrogen and oxygen atoms in total. The number of halogens is 1. The SMILES string of the molecule is O=C([C@@H]1CC[C@@H](Cc2ncc3c(Br)nn(-c4ccc5ncccc5c4)c3n2)C1)N1CCN[C@@H](CCO)C1. The molecule has 1 aliphatic carbocycles. The van der Waals surface area contributed by atoms with E-state index in [1.807, 2.05) is 40.0 Å². The van der Waals surface area contributed by atoms with E-state index in [1.165, 1.54) is 0 Å². The maximum absolute atomic E-state index is 13.2. The second kappa shape index (κ2) is 10.4. The largest absolute Gasteiger partial charge is 0.396 e. The highest BCUT2D eigenvalue weighted by molar-refractivity contribution is 9.10. The summed E-state index contributed by atoms with van der Waals surface area (Å²) in [6.45, 7) is 2.36. The molecule has 192 valence electrons. The Bertz CT molecular complexity index is 1440. The Hall–Kier alpha value is -2.95. The Morgan fingerprint density at radius 3 is 3.03 bits per heavy atom. The van der Waals surface area contributed by atoms with Gasteiger partial charge in [-0.15, -0.1) is 0 Å². The first-order valence-electron chi connectivity index (χ1n) is 13.0. The Morgan fingerprint density at radius 1 is 1.22 bits per heavy atom. The first kappa shape index (κ1) is 24.4. The number of pyridine rings is 1. The van der Waals surface area contributed by atoms with Crippen LogP contribution in [0.25, 0.3) is 27.6 Å².